The monoisotopic (exact) mass is 195 g/mol. The topological polar surface area (TPSA) is 39.1 Å². The molecule has 0 radical (unpaired) electrons. The van der Waals surface area contributed by atoms with E-state index in [1.54, 1.807) is 0 Å². The van der Waals surface area contributed by atoms with Gasteiger partial charge in [-0.1, -0.05) is 0 Å². The van der Waals surface area contributed by atoms with Crippen LogP contribution in [0.3, 0.4) is 0 Å². The molecule has 0 saturated carbocycles. The molecule has 78 valence electrons. The highest BCUT2D eigenvalue weighted by Crippen LogP contribution is 2.20. The van der Waals surface area contributed by atoms with Crippen molar-refractivity contribution in [2.24, 2.45) is 0 Å². The number of hydrogen-bond donors (Lipinski definition) is 1. The molecule has 1 fully saturated rings. The molecule has 2 rings (SSSR count). The second-order valence-electron chi connectivity index (χ2n) is 3.71. The summed E-state index contributed by atoms with van der Waals surface area (Å²) in [6, 6.07) is 0.882. The molecule has 1 aliphatic rings. The van der Waals surface area contributed by atoms with Crippen LogP contribution in [0, 0.1) is 6.92 Å². The van der Waals surface area contributed by atoms with E-state index in [0.717, 1.165) is 25.5 Å². The highest BCUT2D eigenvalue weighted by atomic mass is 16.5. The van der Waals surface area contributed by atoms with Crippen LogP contribution in [0.5, 0.6) is 0 Å². The number of hydrogen-bond acceptors (Lipinski definition) is 3. The predicted molar refractivity (Wildman–Crippen MR) is 54.3 cm³/mol. The van der Waals surface area contributed by atoms with E-state index in [2.05, 4.69) is 14.9 Å². The van der Waals surface area contributed by atoms with E-state index in [0.29, 0.717) is 12.1 Å². The number of nitrogens with one attached hydrogen (secondary N) is 1. The molecule has 14 heavy (non-hydrogen) atoms. The first-order valence-corrected chi connectivity index (χ1v) is 5.07. The first-order valence-electron chi connectivity index (χ1n) is 5.07. The van der Waals surface area contributed by atoms with Gasteiger partial charge in [-0.3, -0.25) is 0 Å². The molecule has 1 aromatic heterocycles. The number of rotatable bonds is 2. The lowest BCUT2D eigenvalue weighted by Gasteiger charge is -2.32. The first-order chi connectivity index (χ1) is 6.83. The first kappa shape index (κ1) is 9.68. The van der Waals surface area contributed by atoms with Crippen LogP contribution in [0.15, 0.2) is 12.4 Å². The summed E-state index contributed by atoms with van der Waals surface area (Å²) in [6.07, 6.45) is 4.94. The number of nitrogens with zero attached hydrogens (tertiary/aromatic N) is 2. The molecule has 1 aromatic rings. The number of likely N-dealkylation sites (N-methyl/N-ethyl adjacent to an activating group) is 1. The Hall–Kier alpha value is -0.870. The van der Waals surface area contributed by atoms with E-state index in [1.807, 2.05) is 26.4 Å². The fourth-order valence-corrected chi connectivity index (χ4v) is 2.07. The van der Waals surface area contributed by atoms with Gasteiger partial charge >= 0.3 is 0 Å². The van der Waals surface area contributed by atoms with Crippen LogP contribution < -0.4 is 5.32 Å². The van der Waals surface area contributed by atoms with Crippen molar-refractivity contribution in [1.29, 1.82) is 0 Å². The van der Waals surface area contributed by atoms with Crippen molar-refractivity contribution in [3.05, 3.63) is 18.2 Å². The van der Waals surface area contributed by atoms with Crippen LogP contribution in [0.25, 0.3) is 0 Å². The van der Waals surface area contributed by atoms with E-state index < -0.39 is 0 Å². The highest BCUT2D eigenvalue weighted by Gasteiger charge is 2.26. The van der Waals surface area contributed by atoms with Crippen LogP contribution in [-0.2, 0) is 4.74 Å². The van der Waals surface area contributed by atoms with E-state index in [-0.39, 0.29) is 0 Å². The van der Waals surface area contributed by atoms with Crippen molar-refractivity contribution >= 4 is 0 Å². The lowest BCUT2D eigenvalue weighted by atomic mass is 10.0. The van der Waals surface area contributed by atoms with Gasteiger partial charge < -0.3 is 14.6 Å². The Bertz CT molecular complexity index is 297. The van der Waals surface area contributed by atoms with Gasteiger partial charge in [-0.2, -0.15) is 0 Å². The molecule has 4 nitrogen and oxygen atoms in total. The van der Waals surface area contributed by atoms with Gasteiger partial charge in [-0.15, -0.1) is 0 Å². The van der Waals surface area contributed by atoms with Crippen molar-refractivity contribution in [3.8, 4) is 0 Å². The Morgan fingerprint density at radius 2 is 2.50 bits per heavy atom. The molecule has 1 aliphatic heterocycles. The Labute approximate surface area is 84.3 Å². The normalized spacial score (nSPS) is 27.9. The van der Waals surface area contributed by atoms with Crippen LogP contribution in [0.4, 0.5) is 0 Å². The van der Waals surface area contributed by atoms with Gasteiger partial charge in [0.15, 0.2) is 0 Å². The molecule has 4 heteroatoms. The van der Waals surface area contributed by atoms with Crippen molar-refractivity contribution in [1.82, 2.24) is 14.9 Å². The Morgan fingerprint density at radius 3 is 3.14 bits per heavy atom. The zero-order valence-electron chi connectivity index (χ0n) is 8.73. The quantitative estimate of drug-likeness (QED) is 0.756. The average molecular weight is 195 g/mol. The molecule has 0 spiro atoms. The van der Waals surface area contributed by atoms with Gasteiger partial charge in [-0.05, 0) is 20.4 Å². The molecule has 1 saturated heterocycles. The molecule has 0 bridgehead atoms. The molecular formula is C10H17N3O. The third-order valence-electron chi connectivity index (χ3n) is 2.92. The Morgan fingerprint density at radius 1 is 1.64 bits per heavy atom. The van der Waals surface area contributed by atoms with Crippen LogP contribution in [-0.4, -0.2) is 35.9 Å². The minimum atomic E-state index is 0.385. The molecule has 0 aromatic carbocycles. The number of ether oxygens (including phenoxy) is 1. The smallest absolute Gasteiger partial charge is 0.105 e. The number of aryl methyl sites for hydroxylation is 1. The summed E-state index contributed by atoms with van der Waals surface area (Å²) in [7, 11) is 2.01. The maximum absolute atomic E-state index is 5.50. The zero-order chi connectivity index (χ0) is 9.97. The highest BCUT2D eigenvalue weighted by molar-refractivity contribution is 4.96. The standard InChI is InChI=1S/C10H17N3O/c1-8-12-4-5-13(8)10-7-14-6-3-9(10)11-2/h4-5,9-11H,3,6-7H2,1-2H3. The van der Waals surface area contributed by atoms with Crippen LogP contribution in [0.2, 0.25) is 0 Å². The molecular weight excluding hydrogens is 178 g/mol. The lowest BCUT2D eigenvalue weighted by molar-refractivity contribution is 0.0383. The SMILES string of the molecule is CNC1CCOCC1n1ccnc1C. The minimum Gasteiger partial charge on any atom is -0.379 e. The number of imidazole rings is 1. The van der Waals surface area contributed by atoms with E-state index in [9.17, 15) is 0 Å². The maximum Gasteiger partial charge on any atom is 0.105 e. The minimum absolute atomic E-state index is 0.385. The summed E-state index contributed by atoms with van der Waals surface area (Å²) in [5.74, 6) is 1.06. The third-order valence-corrected chi connectivity index (χ3v) is 2.92. The van der Waals surface area contributed by atoms with Gasteiger partial charge in [0.2, 0.25) is 0 Å². The van der Waals surface area contributed by atoms with Crippen molar-refractivity contribution in [3.63, 3.8) is 0 Å². The maximum atomic E-state index is 5.50. The molecule has 0 amide bonds. The summed E-state index contributed by atoms with van der Waals surface area (Å²) in [5.41, 5.74) is 0. The summed E-state index contributed by atoms with van der Waals surface area (Å²) in [5, 5.41) is 3.34. The van der Waals surface area contributed by atoms with Gasteiger partial charge in [0.25, 0.3) is 0 Å². The molecule has 2 heterocycles. The van der Waals surface area contributed by atoms with Gasteiger partial charge in [0.05, 0.1) is 12.6 Å². The second kappa shape index (κ2) is 4.11. The van der Waals surface area contributed by atoms with Crippen LogP contribution >= 0.6 is 0 Å². The Kier molecular flexibility index (Phi) is 2.84. The predicted octanol–water partition coefficient (Wildman–Crippen LogP) is 0.741. The van der Waals surface area contributed by atoms with E-state index in [1.165, 1.54) is 0 Å². The molecule has 2 atom stereocenters. The van der Waals surface area contributed by atoms with Crippen molar-refractivity contribution in [2.45, 2.75) is 25.4 Å². The number of aromatic nitrogens is 2. The van der Waals surface area contributed by atoms with E-state index in [4.69, 9.17) is 4.74 Å². The zero-order valence-corrected chi connectivity index (χ0v) is 8.73. The second-order valence-corrected chi connectivity index (χ2v) is 3.71. The third kappa shape index (κ3) is 1.67. The average Bonchev–Trinajstić information content (AvgIpc) is 2.64. The fraction of sp³-hybridized carbons (Fsp3) is 0.700. The lowest BCUT2D eigenvalue weighted by Crippen LogP contribution is -2.42. The summed E-state index contributed by atoms with van der Waals surface area (Å²) in [6.45, 7) is 3.67. The summed E-state index contributed by atoms with van der Waals surface area (Å²) in [4.78, 5) is 4.24. The molecule has 0 aliphatic carbocycles. The van der Waals surface area contributed by atoms with E-state index >= 15 is 0 Å². The van der Waals surface area contributed by atoms with Gasteiger partial charge in [-0.25, -0.2) is 4.98 Å². The summed E-state index contributed by atoms with van der Waals surface area (Å²) >= 11 is 0. The molecule has 2 unspecified atom stereocenters. The Balaban J connectivity index is 2.19. The van der Waals surface area contributed by atoms with Crippen molar-refractivity contribution in [2.75, 3.05) is 20.3 Å². The van der Waals surface area contributed by atoms with Crippen LogP contribution in [0.1, 0.15) is 18.3 Å². The largest absolute Gasteiger partial charge is 0.379 e. The van der Waals surface area contributed by atoms with Gasteiger partial charge in [0.1, 0.15) is 5.82 Å². The fourth-order valence-electron chi connectivity index (χ4n) is 2.07. The van der Waals surface area contributed by atoms with Gasteiger partial charge in [0, 0.05) is 25.0 Å². The van der Waals surface area contributed by atoms with Crippen molar-refractivity contribution < 1.29 is 4.74 Å². The molecule has 1 N–H and O–H groups in total. The summed E-state index contributed by atoms with van der Waals surface area (Å²) < 4.78 is 7.70.